The van der Waals surface area contributed by atoms with Gasteiger partial charge in [0.2, 0.25) is 0 Å². The van der Waals surface area contributed by atoms with Gasteiger partial charge in [-0.3, -0.25) is 4.90 Å². The predicted octanol–water partition coefficient (Wildman–Crippen LogP) is 2.82. The molecule has 0 aromatic carbocycles. The van der Waals surface area contributed by atoms with E-state index in [9.17, 15) is 5.11 Å². The molecule has 1 aliphatic carbocycles. The zero-order valence-corrected chi connectivity index (χ0v) is 13.6. The predicted molar refractivity (Wildman–Crippen MR) is 83.6 cm³/mol. The van der Waals surface area contributed by atoms with Crippen LogP contribution in [0.25, 0.3) is 0 Å². The molecule has 1 aliphatic rings. The van der Waals surface area contributed by atoms with E-state index in [0.717, 1.165) is 32.2 Å². The third kappa shape index (κ3) is 6.26. The second-order valence-corrected chi connectivity index (χ2v) is 6.37. The number of hydrogen-bond acceptors (Lipinski definition) is 3. The lowest BCUT2D eigenvalue weighted by atomic mass is 9.85. The van der Waals surface area contributed by atoms with Crippen molar-refractivity contribution in [3.63, 3.8) is 0 Å². The highest BCUT2D eigenvalue weighted by Crippen LogP contribution is 2.26. The van der Waals surface area contributed by atoms with Gasteiger partial charge < -0.3 is 9.84 Å². The molecule has 0 atom stereocenters. The van der Waals surface area contributed by atoms with E-state index < -0.39 is 5.60 Å². The van der Waals surface area contributed by atoms with Gasteiger partial charge in [0.15, 0.2) is 0 Å². The van der Waals surface area contributed by atoms with E-state index in [2.05, 4.69) is 44.4 Å². The summed E-state index contributed by atoms with van der Waals surface area (Å²) in [5.74, 6) is 5.99. The second-order valence-electron chi connectivity index (χ2n) is 6.37. The van der Waals surface area contributed by atoms with Crippen LogP contribution < -0.4 is 0 Å². The van der Waals surface area contributed by atoms with Crippen LogP contribution in [0.4, 0.5) is 0 Å². The Bertz CT molecular complexity index is 314. The van der Waals surface area contributed by atoms with Gasteiger partial charge in [-0.15, -0.1) is 0 Å². The molecule has 3 heteroatoms. The van der Waals surface area contributed by atoms with Crippen LogP contribution >= 0.6 is 0 Å². The van der Waals surface area contributed by atoms with Crippen LogP contribution in [0.5, 0.6) is 0 Å². The summed E-state index contributed by atoms with van der Waals surface area (Å²) < 4.78 is 5.57. The van der Waals surface area contributed by atoms with E-state index in [1.54, 1.807) is 0 Å². The summed E-state index contributed by atoms with van der Waals surface area (Å²) in [5, 5.41) is 10.2. The zero-order chi connectivity index (χ0) is 15.0. The molecule has 1 fully saturated rings. The standard InChI is InChI=1S/C17H31NO2/c1-15(2)18(16(3)4)12-14-20-13-8-11-17(19)9-6-5-7-10-17/h15-16,19H,5-7,9-10,12-14H2,1-4H3. The molecule has 20 heavy (non-hydrogen) atoms. The van der Waals surface area contributed by atoms with Crippen molar-refractivity contribution >= 4 is 0 Å². The zero-order valence-electron chi connectivity index (χ0n) is 13.6. The van der Waals surface area contributed by atoms with Crippen molar-refractivity contribution in [1.82, 2.24) is 4.90 Å². The van der Waals surface area contributed by atoms with E-state index in [1.165, 1.54) is 6.42 Å². The summed E-state index contributed by atoms with van der Waals surface area (Å²) in [6.07, 6.45) is 5.03. The largest absolute Gasteiger partial charge is 0.378 e. The molecule has 0 bridgehead atoms. The molecule has 0 aliphatic heterocycles. The highest BCUT2D eigenvalue weighted by molar-refractivity contribution is 5.14. The maximum atomic E-state index is 10.2. The van der Waals surface area contributed by atoms with E-state index in [-0.39, 0.29) is 0 Å². The SMILES string of the molecule is CC(C)N(CCOCC#CC1(O)CCCCC1)C(C)C. The summed E-state index contributed by atoms with van der Waals surface area (Å²) in [6.45, 7) is 10.9. The molecule has 1 saturated carbocycles. The lowest BCUT2D eigenvalue weighted by molar-refractivity contribution is 0.0601. The van der Waals surface area contributed by atoms with Gasteiger partial charge in [0.1, 0.15) is 12.2 Å². The fourth-order valence-electron chi connectivity index (χ4n) is 2.87. The first-order chi connectivity index (χ1) is 9.44. The Morgan fingerprint density at radius 3 is 2.25 bits per heavy atom. The van der Waals surface area contributed by atoms with E-state index in [4.69, 9.17) is 4.74 Å². The van der Waals surface area contributed by atoms with Crippen LogP contribution in [-0.2, 0) is 4.74 Å². The lowest BCUT2D eigenvalue weighted by Crippen LogP contribution is -2.39. The number of nitrogens with zero attached hydrogens (tertiary/aromatic N) is 1. The topological polar surface area (TPSA) is 32.7 Å². The molecule has 0 radical (unpaired) electrons. The second kappa shape index (κ2) is 8.67. The summed E-state index contributed by atoms with van der Waals surface area (Å²) in [4.78, 5) is 2.40. The van der Waals surface area contributed by atoms with Crippen molar-refractivity contribution < 1.29 is 9.84 Å². The first kappa shape index (κ1) is 17.5. The molecular formula is C17H31NO2. The van der Waals surface area contributed by atoms with Crippen molar-refractivity contribution in [3.8, 4) is 11.8 Å². The van der Waals surface area contributed by atoms with Crippen LogP contribution in [0.1, 0.15) is 59.8 Å². The molecule has 0 aromatic rings. The number of rotatable bonds is 6. The molecule has 0 amide bonds. The number of hydrogen-bond donors (Lipinski definition) is 1. The molecule has 0 aromatic heterocycles. The van der Waals surface area contributed by atoms with Gasteiger partial charge in [-0.1, -0.05) is 18.3 Å². The Labute approximate surface area is 124 Å². The fraction of sp³-hybridized carbons (Fsp3) is 0.882. The third-order valence-corrected chi connectivity index (χ3v) is 4.00. The molecule has 0 spiro atoms. The maximum Gasteiger partial charge on any atom is 0.125 e. The number of aliphatic hydroxyl groups is 1. The molecule has 0 saturated heterocycles. The summed E-state index contributed by atoms with van der Waals surface area (Å²) in [7, 11) is 0. The van der Waals surface area contributed by atoms with Gasteiger partial charge in [-0.2, -0.15) is 0 Å². The average Bonchev–Trinajstić information content (AvgIpc) is 2.37. The van der Waals surface area contributed by atoms with Gasteiger partial charge in [0, 0.05) is 18.6 Å². The van der Waals surface area contributed by atoms with Crippen molar-refractivity contribution in [2.45, 2.75) is 77.5 Å². The number of ether oxygens (including phenoxy) is 1. The van der Waals surface area contributed by atoms with E-state index in [0.29, 0.717) is 25.3 Å². The molecular weight excluding hydrogens is 250 g/mol. The van der Waals surface area contributed by atoms with E-state index in [1.807, 2.05) is 0 Å². The van der Waals surface area contributed by atoms with Crippen molar-refractivity contribution in [2.24, 2.45) is 0 Å². The first-order valence-corrected chi connectivity index (χ1v) is 8.00. The van der Waals surface area contributed by atoms with Crippen LogP contribution in [-0.4, -0.2) is 47.4 Å². The normalized spacial score (nSPS) is 18.4. The molecule has 1 N–H and O–H groups in total. The fourth-order valence-corrected chi connectivity index (χ4v) is 2.87. The van der Waals surface area contributed by atoms with Crippen molar-refractivity contribution in [2.75, 3.05) is 19.8 Å². The Kier molecular flexibility index (Phi) is 7.58. The van der Waals surface area contributed by atoms with Crippen LogP contribution in [0.2, 0.25) is 0 Å². The molecule has 3 nitrogen and oxygen atoms in total. The van der Waals surface area contributed by atoms with Gasteiger partial charge in [-0.05, 0) is 53.4 Å². The Morgan fingerprint density at radius 1 is 1.10 bits per heavy atom. The van der Waals surface area contributed by atoms with Gasteiger partial charge in [0.05, 0.1) is 6.61 Å². The molecule has 0 unspecified atom stereocenters. The average molecular weight is 281 g/mol. The minimum atomic E-state index is -0.747. The highest BCUT2D eigenvalue weighted by Gasteiger charge is 2.26. The van der Waals surface area contributed by atoms with Crippen LogP contribution in [0, 0.1) is 11.8 Å². The summed E-state index contributed by atoms with van der Waals surface area (Å²) in [5.41, 5.74) is -0.747. The minimum Gasteiger partial charge on any atom is -0.378 e. The molecule has 1 rings (SSSR count). The summed E-state index contributed by atoms with van der Waals surface area (Å²) >= 11 is 0. The van der Waals surface area contributed by atoms with Gasteiger partial charge >= 0.3 is 0 Å². The lowest BCUT2D eigenvalue weighted by Gasteiger charge is -2.30. The smallest absolute Gasteiger partial charge is 0.125 e. The Balaban J connectivity index is 2.21. The monoisotopic (exact) mass is 281 g/mol. The third-order valence-electron chi connectivity index (χ3n) is 4.00. The van der Waals surface area contributed by atoms with Crippen LogP contribution in [0.3, 0.4) is 0 Å². The molecule has 116 valence electrons. The quantitative estimate of drug-likeness (QED) is 0.600. The Morgan fingerprint density at radius 2 is 1.70 bits per heavy atom. The minimum absolute atomic E-state index is 0.423. The van der Waals surface area contributed by atoms with Crippen LogP contribution in [0.15, 0.2) is 0 Å². The van der Waals surface area contributed by atoms with Crippen molar-refractivity contribution in [3.05, 3.63) is 0 Å². The molecule has 0 heterocycles. The van der Waals surface area contributed by atoms with Gasteiger partial charge in [0.25, 0.3) is 0 Å². The maximum absolute atomic E-state index is 10.2. The highest BCUT2D eigenvalue weighted by atomic mass is 16.5. The van der Waals surface area contributed by atoms with Crippen molar-refractivity contribution in [1.29, 1.82) is 0 Å². The van der Waals surface area contributed by atoms with E-state index >= 15 is 0 Å². The summed E-state index contributed by atoms with van der Waals surface area (Å²) in [6, 6.07) is 1.07. The first-order valence-electron chi connectivity index (χ1n) is 8.00. The van der Waals surface area contributed by atoms with Gasteiger partial charge in [-0.25, -0.2) is 0 Å². The Hall–Kier alpha value is -0.560.